The second kappa shape index (κ2) is 5.00. The molecule has 2 aromatic carbocycles. The van der Waals surface area contributed by atoms with Crippen molar-refractivity contribution in [3.63, 3.8) is 0 Å². The zero-order valence-electron chi connectivity index (χ0n) is 11.5. The van der Waals surface area contributed by atoms with E-state index < -0.39 is 0 Å². The van der Waals surface area contributed by atoms with Crippen LogP contribution < -0.4 is 10.6 Å². The van der Waals surface area contributed by atoms with Crippen LogP contribution in [-0.4, -0.2) is 12.5 Å². The summed E-state index contributed by atoms with van der Waals surface area (Å²) < 4.78 is 0. The number of fused-ring (bicyclic) bond motifs is 1. The number of amides is 1. The van der Waals surface area contributed by atoms with Crippen LogP contribution in [0.2, 0.25) is 0 Å². The highest BCUT2D eigenvalue weighted by Gasteiger charge is 2.26. The molecule has 2 aromatic rings. The molecule has 0 aliphatic carbocycles. The second-order valence-corrected chi connectivity index (χ2v) is 5.48. The number of carbonyl (C=O) groups is 1. The van der Waals surface area contributed by atoms with Gasteiger partial charge in [-0.25, -0.2) is 0 Å². The Bertz CT molecular complexity index is 634. The Morgan fingerprint density at radius 1 is 1.15 bits per heavy atom. The van der Waals surface area contributed by atoms with Gasteiger partial charge in [-0.05, 0) is 48.2 Å². The molecule has 1 unspecified atom stereocenters. The molecule has 20 heavy (non-hydrogen) atoms. The number of para-hydroxylation sites is 1. The Balaban J connectivity index is 1.97. The molecule has 0 fully saturated rings. The van der Waals surface area contributed by atoms with E-state index in [2.05, 4.69) is 13.0 Å². The predicted molar refractivity (Wildman–Crippen MR) is 81.8 cm³/mol. The van der Waals surface area contributed by atoms with E-state index in [0.29, 0.717) is 17.2 Å². The van der Waals surface area contributed by atoms with E-state index in [9.17, 15) is 4.79 Å². The van der Waals surface area contributed by atoms with Crippen LogP contribution >= 0.6 is 0 Å². The molecule has 0 aromatic heterocycles. The Kier molecular flexibility index (Phi) is 3.18. The molecule has 0 bridgehead atoms. The van der Waals surface area contributed by atoms with Crippen LogP contribution in [0.5, 0.6) is 0 Å². The first-order valence-electron chi connectivity index (χ1n) is 6.90. The van der Waals surface area contributed by atoms with Gasteiger partial charge in [-0.15, -0.1) is 0 Å². The van der Waals surface area contributed by atoms with E-state index in [1.165, 1.54) is 5.56 Å². The maximum atomic E-state index is 12.7. The number of benzene rings is 2. The van der Waals surface area contributed by atoms with Gasteiger partial charge in [-0.1, -0.05) is 25.1 Å². The second-order valence-electron chi connectivity index (χ2n) is 5.48. The molecule has 3 heteroatoms. The van der Waals surface area contributed by atoms with Crippen molar-refractivity contribution in [2.24, 2.45) is 5.92 Å². The first-order chi connectivity index (χ1) is 9.65. The molecule has 3 nitrogen and oxygen atoms in total. The summed E-state index contributed by atoms with van der Waals surface area (Å²) in [6, 6.07) is 15.3. The summed E-state index contributed by atoms with van der Waals surface area (Å²) in [6.45, 7) is 2.94. The van der Waals surface area contributed by atoms with Gasteiger partial charge in [0.25, 0.3) is 5.91 Å². The monoisotopic (exact) mass is 266 g/mol. The van der Waals surface area contributed by atoms with Crippen LogP contribution in [0.15, 0.2) is 48.5 Å². The molecule has 1 amide bonds. The first kappa shape index (κ1) is 12.7. The quantitative estimate of drug-likeness (QED) is 0.806. The third-order valence-electron chi connectivity index (χ3n) is 3.75. The molecule has 1 aliphatic heterocycles. The Morgan fingerprint density at radius 3 is 2.60 bits per heavy atom. The van der Waals surface area contributed by atoms with Gasteiger partial charge < -0.3 is 10.6 Å². The number of hydrogen-bond donors (Lipinski definition) is 1. The average molecular weight is 266 g/mol. The van der Waals surface area contributed by atoms with Crippen molar-refractivity contribution < 1.29 is 4.79 Å². The molecular formula is C17H18N2O. The maximum absolute atomic E-state index is 12.7. The molecule has 1 atom stereocenters. The standard InChI is InChI=1S/C17H18N2O/c1-12-10-14-4-2-3-5-16(14)19(11-12)17(20)13-6-8-15(18)9-7-13/h2-9,12H,10-11,18H2,1H3. The average Bonchev–Trinajstić information content (AvgIpc) is 2.46. The van der Waals surface area contributed by atoms with Gasteiger partial charge in [-0.2, -0.15) is 0 Å². The largest absolute Gasteiger partial charge is 0.399 e. The molecule has 102 valence electrons. The van der Waals surface area contributed by atoms with Crippen molar-refractivity contribution in [3.8, 4) is 0 Å². The summed E-state index contributed by atoms with van der Waals surface area (Å²) in [5.41, 5.74) is 9.32. The van der Waals surface area contributed by atoms with Gasteiger partial charge in [-0.3, -0.25) is 4.79 Å². The van der Waals surface area contributed by atoms with E-state index in [0.717, 1.165) is 18.7 Å². The lowest BCUT2D eigenvalue weighted by Gasteiger charge is -2.33. The van der Waals surface area contributed by atoms with Crippen LogP contribution in [0.3, 0.4) is 0 Å². The summed E-state index contributed by atoms with van der Waals surface area (Å²) >= 11 is 0. The molecule has 2 N–H and O–H groups in total. The molecule has 3 rings (SSSR count). The predicted octanol–water partition coefficient (Wildman–Crippen LogP) is 3.11. The van der Waals surface area contributed by atoms with E-state index in [-0.39, 0.29) is 5.91 Å². The van der Waals surface area contributed by atoms with Crippen molar-refractivity contribution in [2.75, 3.05) is 17.2 Å². The number of carbonyl (C=O) groups excluding carboxylic acids is 1. The number of nitrogens with two attached hydrogens (primary N) is 1. The third kappa shape index (κ3) is 2.27. The highest BCUT2D eigenvalue weighted by molar-refractivity contribution is 6.06. The lowest BCUT2D eigenvalue weighted by atomic mass is 9.93. The lowest BCUT2D eigenvalue weighted by Crippen LogP contribution is -2.39. The van der Waals surface area contributed by atoms with Crippen LogP contribution in [0, 0.1) is 5.92 Å². The van der Waals surface area contributed by atoms with Crippen LogP contribution in [0.25, 0.3) is 0 Å². The Labute approximate surface area is 119 Å². The van der Waals surface area contributed by atoms with Crippen molar-refractivity contribution in [2.45, 2.75) is 13.3 Å². The SMILES string of the molecule is CC1Cc2ccccc2N(C(=O)c2ccc(N)cc2)C1. The summed E-state index contributed by atoms with van der Waals surface area (Å²) in [5.74, 6) is 0.520. The fourth-order valence-corrected chi connectivity index (χ4v) is 2.77. The highest BCUT2D eigenvalue weighted by atomic mass is 16.2. The zero-order chi connectivity index (χ0) is 14.1. The minimum Gasteiger partial charge on any atom is -0.399 e. The smallest absolute Gasteiger partial charge is 0.258 e. The number of nitrogens with zero attached hydrogens (tertiary/aromatic N) is 1. The minimum atomic E-state index is 0.0454. The van der Waals surface area contributed by atoms with E-state index in [1.807, 2.05) is 23.1 Å². The summed E-state index contributed by atoms with van der Waals surface area (Å²) in [6.07, 6.45) is 1.03. The van der Waals surface area contributed by atoms with Gasteiger partial charge in [0.1, 0.15) is 0 Å². The summed E-state index contributed by atoms with van der Waals surface area (Å²) in [5, 5.41) is 0. The van der Waals surface area contributed by atoms with Crippen molar-refractivity contribution >= 4 is 17.3 Å². The number of nitrogen functional groups attached to an aromatic ring is 1. The van der Waals surface area contributed by atoms with E-state index in [1.54, 1.807) is 24.3 Å². The Morgan fingerprint density at radius 2 is 1.85 bits per heavy atom. The van der Waals surface area contributed by atoms with Gasteiger partial charge in [0, 0.05) is 23.5 Å². The van der Waals surface area contributed by atoms with Crippen molar-refractivity contribution in [1.82, 2.24) is 0 Å². The van der Waals surface area contributed by atoms with Gasteiger partial charge >= 0.3 is 0 Å². The normalized spacial score (nSPS) is 17.6. The van der Waals surface area contributed by atoms with Gasteiger partial charge in [0.15, 0.2) is 0 Å². The van der Waals surface area contributed by atoms with E-state index >= 15 is 0 Å². The Hall–Kier alpha value is -2.29. The molecular weight excluding hydrogens is 248 g/mol. The molecule has 1 aliphatic rings. The summed E-state index contributed by atoms with van der Waals surface area (Å²) in [7, 11) is 0. The van der Waals surface area contributed by atoms with Crippen molar-refractivity contribution in [3.05, 3.63) is 59.7 Å². The topological polar surface area (TPSA) is 46.3 Å². The minimum absolute atomic E-state index is 0.0454. The maximum Gasteiger partial charge on any atom is 0.258 e. The molecule has 1 heterocycles. The van der Waals surface area contributed by atoms with E-state index in [4.69, 9.17) is 5.73 Å². The van der Waals surface area contributed by atoms with Gasteiger partial charge in [0.05, 0.1) is 0 Å². The molecule has 0 spiro atoms. The number of hydrogen-bond acceptors (Lipinski definition) is 2. The number of rotatable bonds is 1. The molecule has 0 saturated carbocycles. The van der Waals surface area contributed by atoms with Crippen molar-refractivity contribution in [1.29, 1.82) is 0 Å². The molecule has 0 radical (unpaired) electrons. The highest BCUT2D eigenvalue weighted by Crippen LogP contribution is 2.30. The van der Waals surface area contributed by atoms with Crippen LogP contribution in [-0.2, 0) is 6.42 Å². The zero-order valence-corrected chi connectivity index (χ0v) is 11.5. The lowest BCUT2D eigenvalue weighted by molar-refractivity contribution is 0.0981. The third-order valence-corrected chi connectivity index (χ3v) is 3.75. The van der Waals surface area contributed by atoms with Gasteiger partial charge in [0.2, 0.25) is 0 Å². The fraction of sp³-hybridized carbons (Fsp3) is 0.235. The number of anilines is 2. The fourth-order valence-electron chi connectivity index (χ4n) is 2.77. The first-order valence-corrected chi connectivity index (χ1v) is 6.90. The summed E-state index contributed by atoms with van der Waals surface area (Å²) in [4.78, 5) is 14.6. The van der Waals surface area contributed by atoms with Crippen LogP contribution in [0.1, 0.15) is 22.8 Å². The van der Waals surface area contributed by atoms with Crippen LogP contribution in [0.4, 0.5) is 11.4 Å². The molecule has 0 saturated heterocycles.